The lowest BCUT2D eigenvalue weighted by molar-refractivity contribution is -0.490. The molecular formula is C41H81NO8P+. The number of rotatable bonds is 40. The molecule has 9 nitrogen and oxygen atoms in total. The normalized spacial score (nSPS) is 13.2. The van der Waals surface area contributed by atoms with Gasteiger partial charge in [-0.1, -0.05) is 168 Å². The highest BCUT2D eigenvalue weighted by molar-refractivity contribution is 7.48. The van der Waals surface area contributed by atoms with E-state index in [1.807, 2.05) is 0 Å². The number of phosphoric ester groups is 1. The summed E-state index contributed by atoms with van der Waals surface area (Å²) in [5.41, 5.74) is 0. The number of ether oxygens (including phenoxy) is 2. The first-order chi connectivity index (χ1) is 24.8. The maximum atomic E-state index is 13.1. The molecule has 0 aliphatic carbocycles. The van der Waals surface area contributed by atoms with Gasteiger partial charge >= 0.3 is 19.8 Å². The van der Waals surface area contributed by atoms with Crippen molar-refractivity contribution < 1.29 is 41.8 Å². The lowest BCUT2D eigenvalue weighted by Gasteiger charge is -2.21. The molecule has 0 aromatic carbocycles. The molecule has 0 rings (SSSR count). The highest BCUT2D eigenvalue weighted by Crippen LogP contribution is 2.49. The van der Waals surface area contributed by atoms with Crippen molar-refractivity contribution in [1.82, 2.24) is 0 Å². The van der Waals surface area contributed by atoms with Gasteiger partial charge in [0.2, 0.25) is 0 Å². The molecular weight excluding hydrogens is 665 g/mol. The third-order valence-electron chi connectivity index (χ3n) is 9.13. The van der Waals surface area contributed by atoms with Crippen LogP contribution in [0.3, 0.4) is 0 Å². The van der Waals surface area contributed by atoms with Crippen molar-refractivity contribution in [3.8, 4) is 0 Å². The maximum Gasteiger partial charge on any atom is 0.475 e. The summed E-state index contributed by atoms with van der Waals surface area (Å²) in [4.78, 5) is 25.3. The number of unbranched alkanes of at least 4 members (excludes halogenated alkanes) is 24. The minimum Gasteiger partial charge on any atom is -0.462 e. The van der Waals surface area contributed by atoms with Crippen LogP contribution in [0.25, 0.3) is 0 Å². The number of likely N-dealkylation sites (N-methyl/N-ethyl adjacent to an activating group) is 1. The summed E-state index contributed by atoms with van der Waals surface area (Å²) in [5, 5.41) is 0. The van der Waals surface area contributed by atoms with E-state index in [1.54, 1.807) is 18.5 Å². The largest absolute Gasteiger partial charge is 0.475 e. The van der Waals surface area contributed by atoms with Gasteiger partial charge in [-0.2, -0.15) is 0 Å². The average molecular weight is 747 g/mol. The SMILES string of the molecule is C=[N+](C)CCOP(=O)(OCC)OC[C@@H](COC(=O)CCCCCCCCCCCCCCC)OC(=O)CCCCCCCCCCCCCCC. The average Bonchev–Trinajstić information content (AvgIpc) is 3.10. The smallest absolute Gasteiger partial charge is 0.462 e. The van der Waals surface area contributed by atoms with E-state index in [4.69, 9.17) is 23.0 Å². The predicted octanol–water partition coefficient (Wildman–Crippen LogP) is 11.9. The van der Waals surface area contributed by atoms with E-state index in [2.05, 4.69) is 20.6 Å². The minimum absolute atomic E-state index is 0.0922. The zero-order chi connectivity index (χ0) is 37.7. The van der Waals surface area contributed by atoms with Gasteiger partial charge in [-0.25, -0.2) is 9.14 Å². The van der Waals surface area contributed by atoms with Crippen LogP contribution in [0.4, 0.5) is 0 Å². The number of phosphoric acid groups is 1. The van der Waals surface area contributed by atoms with Crippen molar-refractivity contribution in [3.63, 3.8) is 0 Å². The first kappa shape index (κ1) is 49.7. The Kier molecular flexibility index (Phi) is 36.1. The van der Waals surface area contributed by atoms with Crippen molar-refractivity contribution in [2.24, 2.45) is 0 Å². The Labute approximate surface area is 314 Å². The topological polar surface area (TPSA) is 100 Å². The Morgan fingerprint density at radius 3 is 1.33 bits per heavy atom. The summed E-state index contributed by atoms with van der Waals surface area (Å²) in [6, 6.07) is 0. The first-order valence-electron chi connectivity index (χ1n) is 21.2. The molecule has 0 saturated heterocycles. The maximum absolute atomic E-state index is 13.1. The summed E-state index contributed by atoms with van der Waals surface area (Å²) < 4.78 is 42.2. The molecule has 302 valence electrons. The van der Waals surface area contributed by atoms with Crippen molar-refractivity contribution in [3.05, 3.63) is 0 Å². The van der Waals surface area contributed by atoms with Crippen LogP contribution < -0.4 is 0 Å². The van der Waals surface area contributed by atoms with E-state index >= 15 is 0 Å². The van der Waals surface area contributed by atoms with Crippen LogP contribution in [0.1, 0.15) is 201 Å². The van der Waals surface area contributed by atoms with Crippen LogP contribution in [0.15, 0.2) is 0 Å². The summed E-state index contributed by atoms with van der Waals surface area (Å²) in [6.45, 7) is 10.1. The van der Waals surface area contributed by atoms with Gasteiger partial charge in [0.25, 0.3) is 0 Å². The molecule has 0 N–H and O–H groups in total. The second-order valence-corrected chi connectivity index (χ2v) is 16.0. The van der Waals surface area contributed by atoms with Crippen LogP contribution in [0, 0.1) is 0 Å². The van der Waals surface area contributed by atoms with Crippen LogP contribution in [0.2, 0.25) is 0 Å². The van der Waals surface area contributed by atoms with Crippen LogP contribution in [0.5, 0.6) is 0 Å². The summed E-state index contributed by atoms with van der Waals surface area (Å²) in [5.74, 6) is -0.719. The fourth-order valence-corrected chi connectivity index (χ4v) is 7.14. The number of nitrogens with zero attached hydrogens (tertiary/aromatic N) is 1. The molecule has 0 radical (unpaired) electrons. The Hall–Kier alpha value is -1.28. The van der Waals surface area contributed by atoms with Crippen LogP contribution >= 0.6 is 7.82 Å². The quantitative estimate of drug-likeness (QED) is 0.0201. The fraction of sp³-hybridized carbons (Fsp3) is 0.927. The molecule has 10 heteroatoms. The lowest BCUT2D eigenvalue weighted by atomic mass is 10.0. The molecule has 0 aromatic rings. The van der Waals surface area contributed by atoms with Gasteiger partial charge < -0.3 is 9.47 Å². The zero-order valence-electron chi connectivity index (χ0n) is 33.8. The zero-order valence-corrected chi connectivity index (χ0v) is 34.7. The second-order valence-electron chi connectivity index (χ2n) is 14.4. The Balaban J connectivity index is 4.50. The van der Waals surface area contributed by atoms with Gasteiger partial charge in [0.05, 0.1) is 13.2 Å². The molecule has 0 spiro atoms. The van der Waals surface area contributed by atoms with Gasteiger partial charge in [0.1, 0.15) is 27.0 Å². The predicted molar refractivity (Wildman–Crippen MR) is 211 cm³/mol. The van der Waals surface area contributed by atoms with E-state index in [9.17, 15) is 14.2 Å². The monoisotopic (exact) mass is 747 g/mol. The second kappa shape index (κ2) is 37.1. The third kappa shape index (κ3) is 35.5. The molecule has 0 bridgehead atoms. The first-order valence-corrected chi connectivity index (χ1v) is 22.6. The molecule has 2 atom stereocenters. The molecule has 1 unspecified atom stereocenters. The molecule has 0 aromatic heterocycles. The number of carbonyl (C=O) groups is 2. The number of hydrogen-bond acceptors (Lipinski definition) is 8. The van der Waals surface area contributed by atoms with Crippen LogP contribution in [-0.2, 0) is 37.2 Å². The molecule has 0 amide bonds. The highest BCUT2D eigenvalue weighted by atomic mass is 31.2. The highest BCUT2D eigenvalue weighted by Gasteiger charge is 2.30. The van der Waals surface area contributed by atoms with Gasteiger partial charge in [0.15, 0.2) is 12.6 Å². The van der Waals surface area contributed by atoms with E-state index in [0.29, 0.717) is 13.0 Å². The molecule has 0 saturated carbocycles. The Morgan fingerprint density at radius 2 is 0.941 bits per heavy atom. The third-order valence-corrected chi connectivity index (χ3v) is 10.7. The van der Waals surface area contributed by atoms with Crippen molar-refractivity contribution in [2.75, 3.05) is 40.0 Å². The molecule has 0 aliphatic rings. The van der Waals surface area contributed by atoms with E-state index in [0.717, 1.165) is 38.5 Å². The Morgan fingerprint density at radius 1 is 0.549 bits per heavy atom. The van der Waals surface area contributed by atoms with Gasteiger partial charge in [-0.15, -0.1) is 0 Å². The molecule has 0 fully saturated rings. The number of hydrogen-bond donors (Lipinski definition) is 0. The van der Waals surface area contributed by atoms with E-state index in [1.165, 1.54) is 128 Å². The standard InChI is InChI=1S/C41H81NO8P/c1-6-9-11-13-15-17-19-21-23-25-27-29-31-33-40(43)46-37-39(38-49-51(45,47-8-3)48-36-35-42(4)5)50-41(44)34-32-30-28-26-24-22-20-18-16-14-12-10-7-2/h39H,4,6-38H2,1-3,5H3/q+1/t39-,51?/m1/s1. The Bertz CT molecular complexity index is 871. The molecule has 0 heterocycles. The number of esters is 2. The summed E-state index contributed by atoms with van der Waals surface area (Å²) >= 11 is 0. The summed E-state index contributed by atoms with van der Waals surface area (Å²) in [7, 11) is -2.13. The van der Waals surface area contributed by atoms with Gasteiger partial charge in [-0.05, 0) is 19.8 Å². The van der Waals surface area contributed by atoms with E-state index in [-0.39, 0.29) is 44.8 Å². The van der Waals surface area contributed by atoms with Crippen molar-refractivity contribution >= 4 is 26.5 Å². The minimum atomic E-state index is -3.90. The van der Waals surface area contributed by atoms with E-state index < -0.39 is 13.9 Å². The molecule has 0 aliphatic heterocycles. The van der Waals surface area contributed by atoms with Crippen molar-refractivity contribution in [2.45, 2.75) is 207 Å². The number of carbonyl (C=O) groups excluding carboxylic acids is 2. The lowest BCUT2D eigenvalue weighted by Crippen LogP contribution is -2.29. The van der Waals surface area contributed by atoms with Gasteiger partial charge in [-0.3, -0.25) is 23.2 Å². The van der Waals surface area contributed by atoms with Gasteiger partial charge in [0, 0.05) is 12.8 Å². The van der Waals surface area contributed by atoms with Crippen molar-refractivity contribution in [1.29, 1.82) is 0 Å². The molecule has 51 heavy (non-hydrogen) atoms. The summed E-state index contributed by atoms with van der Waals surface area (Å²) in [6.07, 6.45) is 31.7. The van der Waals surface area contributed by atoms with Crippen LogP contribution in [-0.4, -0.2) is 69.4 Å². The fourth-order valence-electron chi connectivity index (χ4n) is 5.95.